The molecule has 3 aromatic rings. The van der Waals surface area contributed by atoms with Crippen LogP contribution in [0, 0.1) is 5.92 Å². The molecule has 1 saturated heterocycles. The molecule has 28 heavy (non-hydrogen) atoms. The molecule has 7 nitrogen and oxygen atoms in total. The van der Waals surface area contributed by atoms with Crippen LogP contribution in [-0.2, 0) is 11.3 Å². The van der Waals surface area contributed by atoms with E-state index in [1.807, 2.05) is 18.2 Å². The van der Waals surface area contributed by atoms with E-state index < -0.39 is 0 Å². The largest absolute Gasteiger partial charge is 0.349 e. The summed E-state index contributed by atoms with van der Waals surface area (Å²) in [4.78, 5) is 28.3. The lowest BCUT2D eigenvalue weighted by molar-refractivity contribution is -0.125. The van der Waals surface area contributed by atoms with Crippen molar-refractivity contribution in [3.05, 3.63) is 48.5 Å². The lowest BCUT2D eigenvalue weighted by atomic mass is 9.97. The van der Waals surface area contributed by atoms with Gasteiger partial charge < -0.3 is 14.8 Å². The Kier molecular flexibility index (Phi) is 5.23. The number of carbonyl (C=O) groups excluding carboxylic acids is 1. The topological polar surface area (TPSA) is 75.9 Å². The Morgan fingerprint density at radius 3 is 2.79 bits per heavy atom. The molecule has 1 unspecified atom stereocenters. The van der Waals surface area contributed by atoms with Gasteiger partial charge in [-0.25, -0.2) is 15.0 Å². The summed E-state index contributed by atoms with van der Waals surface area (Å²) < 4.78 is 2.20. The van der Waals surface area contributed by atoms with Crippen molar-refractivity contribution in [2.45, 2.75) is 39.3 Å². The highest BCUT2D eigenvalue weighted by molar-refractivity contribution is 5.80. The number of amides is 1. The van der Waals surface area contributed by atoms with E-state index in [-0.39, 0.29) is 17.9 Å². The fraction of sp³-hybridized carbons (Fsp3) is 0.429. The molecule has 1 amide bonds. The molecule has 2 aromatic heterocycles. The van der Waals surface area contributed by atoms with E-state index in [1.54, 1.807) is 18.5 Å². The number of fused-ring (bicyclic) bond motifs is 1. The molecule has 146 valence electrons. The number of para-hydroxylation sites is 2. The number of rotatable bonds is 5. The predicted molar refractivity (Wildman–Crippen MR) is 109 cm³/mol. The minimum atomic E-state index is -0.0607. The molecule has 0 bridgehead atoms. The van der Waals surface area contributed by atoms with Gasteiger partial charge in [0.15, 0.2) is 0 Å². The van der Waals surface area contributed by atoms with E-state index in [1.165, 1.54) is 0 Å². The van der Waals surface area contributed by atoms with Crippen molar-refractivity contribution in [3.8, 4) is 0 Å². The first-order chi connectivity index (χ1) is 13.6. The summed E-state index contributed by atoms with van der Waals surface area (Å²) in [5.74, 6) is 1.60. The number of aromatic nitrogens is 4. The Morgan fingerprint density at radius 1 is 1.21 bits per heavy atom. The third-order valence-corrected chi connectivity index (χ3v) is 5.23. The van der Waals surface area contributed by atoms with Crippen LogP contribution < -0.4 is 10.2 Å². The van der Waals surface area contributed by atoms with Gasteiger partial charge in [-0.15, -0.1) is 0 Å². The number of nitrogens with one attached hydrogen (secondary N) is 1. The summed E-state index contributed by atoms with van der Waals surface area (Å²) in [6, 6.07) is 10.2. The van der Waals surface area contributed by atoms with Crippen LogP contribution >= 0.6 is 0 Å². The first-order valence-corrected chi connectivity index (χ1v) is 9.89. The van der Waals surface area contributed by atoms with Gasteiger partial charge in [-0.2, -0.15) is 0 Å². The summed E-state index contributed by atoms with van der Waals surface area (Å²) in [6.07, 6.45) is 5.32. The number of hydrogen-bond acceptors (Lipinski definition) is 5. The fourth-order valence-electron chi connectivity index (χ4n) is 3.93. The van der Waals surface area contributed by atoms with Crippen LogP contribution in [0.25, 0.3) is 11.0 Å². The van der Waals surface area contributed by atoms with Crippen LogP contribution in [0.5, 0.6) is 0 Å². The summed E-state index contributed by atoms with van der Waals surface area (Å²) >= 11 is 0. The maximum atomic E-state index is 12.8. The van der Waals surface area contributed by atoms with E-state index in [4.69, 9.17) is 4.98 Å². The van der Waals surface area contributed by atoms with Crippen LogP contribution in [-0.4, -0.2) is 38.5 Å². The van der Waals surface area contributed by atoms with Crippen molar-refractivity contribution in [1.29, 1.82) is 0 Å². The van der Waals surface area contributed by atoms with Crippen molar-refractivity contribution >= 4 is 22.9 Å². The molecule has 0 radical (unpaired) electrons. The van der Waals surface area contributed by atoms with Gasteiger partial charge in [-0.1, -0.05) is 12.1 Å². The quantitative estimate of drug-likeness (QED) is 0.739. The summed E-state index contributed by atoms with van der Waals surface area (Å²) in [7, 11) is 0. The highest BCUT2D eigenvalue weighted by Gasteiger charge is 2.27. The number of anilines is 1. The normalized spacial score (nSPS) is 17.2. The van der Waals surface area contributed by atoms with E-state index in [9.17, 15) is 4.79 Å². The molecular weight excluding hydrogens is 352 g/mol. The standard InChI is InChI=1S/C21H26N6O/c1-15(2)27-18-9-4-3-8-17(18)25-19(27)13-24-20(28)16-7-5-12-26(14-16)21-22-10-6-11-23-21/h3-4,6,8-11,15-16H,5,7,12-14H2,1-2H3,(H,24,28). The summed E-state index contributed by atoms with van der Waals surface area (Å²) in [5.41, 5.74) is 2.07. The zero-order valence-corrected chi connectivity index (χ0v) is 16.4. The second-order valence-corrected chi connectivity index (χ2v) is 7.53. The zero-order chi connectivity index (χ0) is 19.5. The van der Waals surface area contributed by atoms with E-state index in [0.29, 0.717) is 19.0 Å². The Hall–Kier alpha value is -2.96. The predicted octanol–water partition coefficient (Wildman–Crippen LogP) is 2.94. The monoisotopic (exact) mass is 378 g/mol. The van der Waals surface area contributed by atoms with Gasteiger partial charge in [0.1, 0.15) is 5.82 Å². The van der Waals surface area contributed by atoms with Crippen LogP contribution in [0.3, 0.4) is 0 Å². The average Bonchev–Trinajstić information content (AvgIpc) is 3.11. The second kappa shape index (κ2) is 7.96. The van der Waals surface area contributed by atoms with Crippen molar-refractivity contribution in [3.63, 3.8) is 0 Å². The van der Waals surface area contributed by atoms with E-state index in [2.05, 4.69) is 44.7 Å². The molecule has 1 aliphatic heterocycles. The van der Waals surface area contributed by atoms with Gasteiger partial charge >= 0.3 is 0 Å². The van der Waals surface area contributed by atoms with Crippen LogP contribution in [0.1, 0.15) is 38.6 Å². The fourth-order valence-corrected chi connectivity index (χ4v) is 3.93. The van der Waals surface area contributed by atoms with E-state index in [0.717, 1.165) is 36.2 Å². The van der Waals surface area contributed by atoms with Gasteiger partial charge in [0.05, 0.1) is 23.5 Å². The smallest absolute Gasteiger partial charge is 0.225 e. The van der Waals surface area contributed by atoms with Gasteiger partial charge in [0.25, 0.3) is 0 Å². The second-order valence-electron chi connectivity index (χ2n) is 7.53. The molecule has 0 aliphatic carbocycles. The van der Waals surface area contributed by atoms with Gasteiger partial charge in [-0.05, 0) is 44.9 Å². The number of hydrogen-bond donors (Lipinski definition) is 1. The maximum Gasteiger partial charge on any atom is 0.225 e. The van der Waals surface area contributed by atoms with Crippen molar-refractivity contribution in [2.75, 3.05) is 18.0 Å². The first-order valence-electron chi connectivity index (χ1n) is 9.89. The lowest BCUT2D eigenvalue weighted by Gasteiger charge is -2.31. The molecule has 1 N–H and O–H groups in total. The van der Waals surface area contributed by atoms with Crippen molar-refractivity contribution in [1.82, 2.24) is 24.8 Å². The number of carbonyl (C=O) groups is 1. The highest BCUT2D eigenvalue weighted by atomic mass is 16.1. The maximum absolute atomic E-state index is 12.8. The Morgan fingerprint density at radius 2 is 2.00 bits per heavy atom. The molecule has 0 spiro atoms. The molecule has 1 aromatic carbocycles. The molecule has 1 fully saturated rings. The van der Waals surface area contributed by atoms with Crippen LogP contribution in [0.4, 0.5) is 5.95 Å². The van der Waals surface area contributed by atoms with Gasteiger partial charge in [-0.3, -0.25) is 4.79 Å². The third kappa shape index (κ3) is 3.69. The molecular formula is C21H26N6O. The molecule has 4 rings (SSSR count). The highest BCUT2D eigenvalue weighted by Crippen LogP contribution is 2.22. The summed E-state index contributed by atoms with van der Waals surface area (Å²) in [5, 5.41) is 3.11. The van der Waals surface area contributed by atoms with Gasteiger partial charge in [0, 0.05) is 31.5 Å². The molecule has 1 aliphatic rings. The van der Waals surface area contributed by atoms with Crippen LogP contribution in [0.2, 0.25) is 0 Å². The molecule has 3 heterocycles. The zero-order valence-electron chi connectivity index (χ0n) is 16.4. The minimum absolute atomic E-state index is 0.0607. The van der Waals surface area contributed by atoms with Crippen molar-refractivity contribution < 1.29 is 4.79 Å². The lowest BCUT2D eigenvalue weighted by Crippen LogP contribution is -2.43. The third-order valence-electron chi connectivity index (χ3n) is 5.23. The Bertz CT molecular complexity index is 952. The molecule has 1 atom stereocenters. The number of imidazole rings is 1. The summed E-state index contributed by atoms with van der Waals surface area (Å²) in [6.45, 7) is 6.24. The Labute approximate surface area is 164 Å². The average molecular weight is 378 g/mol. The van der Waals surface area contributed by atoms with E-state index >= 15 is 0 Å². The number of benzene rings is 1. The molecule has 0 saturated carbocycles. The van der Waals surface area contributed by atoms with Crippen molar-refractivity contribution in [2.24, 2.45) is 5.92 Å². The number of nitrogens with zero attached hydrogens (tertiary/aromatic N) is 5. The van der Waals surface area contributed by atoms with Crippen LogP contribution in [0.15, 0.2) is 42.7 Å². The Balaban J connectivity index is 1.44. The number of piperidine rings is 1. The minimum Gasteiger partial charge on any atom is -0.349 e. The van der Waals surface area contributed by atoms with Gasteiger partial charge in [0.2, 0.25) is 11.9 Å². The SMILES string of the molecule is CC(C)n1c(CNC(=O)C2CCCN(c3ncccn3)C2)nc2ccccc21. The molecule has 7 heteroatoms. The first kappa shape index (κ1) is 18.4.